The summed E-state index contributed by atoms with van der Waals surface area (Å²) in [5, 5.41) is 0. The molecule has 0 radical (unpaired) electrons. The maximum Gasteiger partial charge on any atom is 0.387 e. The summed E-state index contributed by atoms with van der Waals surface area (Å²) < 4.78 is 53.4. The predicted octanol–water partition coefficient (Wildman–Crippen LogP) is 1.82. The van der Waals surface area contributed by atoms with Gasteiger partial charge in [-0.3, -0.25) is 0 Å². The van der Waals surface area contributed by atoms with Crippen molar-refractivity contribution < 1.29 is 21.9 Å². The molecule has 0 N–H and O–H groups in total. The van der Waals surface area contributed by atoms with Gasteiger partial charge in [-0.15, -0.1) is 0 Å². The lowest BCUT2D eigenvalue weighted by Crippen LogP contribution is -2.25. The molecule has 4 nitrogen and oxygen atoms in total. The molecule has 0 amide bonds. The van der Waals surface area contributed by atoms with Crippen LogP contribution in [0.15, 0.2) is 24.3 Å². The van der Waals surface area contributed by atoms with Crippen molar-refractivity contribution in [3.05, 3.63) is 29.8 Å². The van der Waals surface area contributed by atoms with Gasteiger partial charge < -0.3 is 4.74 Å². The van der Waals surface area contributed by atoms with E-state index in [0.717, 1.165) is 0 Å². The zero-order valence-electron chi connectivity index (χ0n) is 9.55. The molecule has 1 aromatic carbocycles. The Labute approximate surface area is 104 Å². The van der Waals surface area contributed by atoms with Crippen LogP contribution in [0.3, 0.4) is 0 Å². The zero-order valence-corrected chi connectivity index (χ0v) is 10.4. The van der Waals surface area contributed by atoms with Crippen molar-refractivity contribution in [1.82, 2.24) is 4.31 Å². The lowest BCUT2D eigenvalue weighted by molar-refractivity contribution is -0.0506. The fourth-order valence-electron chi connectivity index (χ4n) is 1.90. The molecule has 1 heterocycles. The first-order valence-corrected chi connectivity index (χ1v) is 7.10. The monoisotopic (exact) mass is 277 g/mol. The summed E-state index contributed by atoms with van der Waals surface area (Å²) in [5.74, 6) is 0.139. The van der Waals surface area contributed by atoms with Crippen molar-refractivity contribution in [1.29, 1.82) is 0 Å². The van der Waals surface area contributed by atoms with E-state index in [2.05, 4.69) is 4.74 Å². The van der Waals surface area contributed by atoms with Gasteiger partial charge in [-0.05, 0) is 12.5 Å². The molecule has 18 heavy (non-hydrogen) atoms. The fourth-order valence-corrected chi connectivity index (χ4v) is 3.40. The van der Waals surface area contributed by atoms with Crippen LogP contribution in [0.25, 0.3) is 0 Å². The van der Waals surface area contributed by atoms with Gasteiger partial charge in [0.05, 0.1) is 5.75 Å². The molecule has 1 fully saturated rings. The predicted molar refractivity (Wildman–Crippen MR) is 61.9 cm³/mol. The maximum atomic E-state index is 12.2. The molecule has 1 aliphatic rings. The first-order valence-electron chi connectivity index (χ1n) is 5.49. The van der Waals surface area contributed by atoms with Crippen LogP contribution in [0.4, 0.5) is 8.78 Å². The van der Waals surface area contributed by atoms with E-state index in [1.807, 2.05) is 0 Å². The Morgan fingerprint density at radius 2 is 2.06 bits per heavy atom. The second-order valence-electron chi connectivity index (χ2n) is 3.99. The second-order valence-corrected chi connectivity index (χ2v) is 6.08. The van der Waals surface area contributed by atoms with Crippen molar-refractivity contribution in [3.63, 3.8) is 0 Å². The van der Waals surface area contributed by atoms with E-state index >= 15 is 0 Å². The van der Waals surface area contributed by atoms with Gasteiger partial charge in [-0.1, -0.05) is 18.2 Å². The molecular weight excluding hydrogens is 264 g/mol. The summed E-state index contributed by atoms with van der Waals surface area (Å²) in [6, 6.07) is 6.23. The second kappa shape index (κ2) is 5.19. The number of nitrogens with zero attached hydrogens (tertiary/aromatic N) is 1. The summed E-state index contributed by atoms with van der Waals surface area (Å²) in [4.78, 5) is 0. The Kier molecular flexibility index (Phi) is 3.82. The van der Waals surface area contributed by atoms with Gasteiger partial charge in [0.15, 0.2) is 0 Å². The first kappa shape index (κ1) is 13.2. The van der Waals surface area contributed by atoms with Crippen molar-refractivity contribution in [2.24, 2.45) is 0 Å². The largest absolute Gasteiger partial charge is 0.434 e. The van der Waals surface area contributed by atoms with Crippen molar-refractivity contribution in [3.8, 4) is 5.75 Å². The molecule has 7 heteroatoms. The highest BCUT2D eigenvalue weighted by Gasteiger charge is 2.28. The Hall–Kier alpha value is -1.21. The zero-order chi connectivity index (χ0) is 13.2. The Morgan fingerprint density at radius 1 is 1.33 bits per heavy atom. The van der Waals surface area contributed by atoms with Gasteiger partial charge in [0.1, 0.15) is 5.75 Å². The lowest BCUT2D eigenvalue weighted by Gasteiger charge is -2.16. The average molecular weight is 277 g/mol. The van der Waals surface area contributed by atoms with Crippen LogP contribution in [0.1, 0.15) is 12.0 Å². The molecule has 0 atom stereocenters. The smallest absolute Gasteiger partial charge is 0.387 e. The van der Waals surface area contributed by atoms with Crippen molar-refractivity contribution in [2.75, 3.05) is 12.3 Å². The van der Waals surface area contributed by atoms with Crippen LogP contribution in [0.5, 0.6) is 5.75 Å². The third kappa shape index (κ3) is 2.97. The number of rotatable bonds is 4. The molecule has 2 rings (SSSR count). The van der Waals surface area contributed by atoms with Crippen LogP contribution in [-0.2, 0) is 16.6 Å². The minimum Gasteiger partial charge on any atom is -0.434 e. The van der Waals surface area contributed by atoms with Crippen LogP contribution in [0, 0.1) is 0 Å². The fraction of sp³-hybridized carbons (Fsp3) is 0.455. The highest BCUT2D eigenvalue weighted by Crippen LogP contribution is 2.25. The normalized spacial score (nSPS) is 19.3. The number of alkyl halides is 2. The average Bonchev–Trinajstić information content (AvgIpc) is 2.60. The molecule has 0 saturated carbocycles. The molecule has 1 saturated heterocycles. The van der Waals surface area contributed by atoms with Crippen molar-refractivity contribution in [2.45, 2.75) is 19.6 Å². The van der Waals surface area contributed by atoms with Gasteiger partial charge >= 0.3 is 6.61 Å². The van der Waals surface area contributed by atoms with Crippen LogP contribution < -0.4 is 4.74 Å². The van der Waals surface area contributed by atoms with Gasteiger partial charge in [0, 0.05) is 18.7 Å². The van der Waals surface area contributed by atoms with E-state index in [1.165, 1.54) is 10.4 Å². The van der Waals surface area contributed by atoms with E-state index in [-0.39, 0.29) is 18.0 Å². The highest BCUT2D eigenvalue weighted by atomic mass is 32.2. The third-order valence-corrected chi connectivity index (χ3v) is 4.64. The third-order valence-electron chi connectivity index (χ3n) is 2.74. The number of hydrogen-bond acceptors (Lipinski definition) is 3. The van der Waals surface area contributed by atoms with E-state index < -0.39 is 16.6 Å². The highest BCUT2D eigenvalue weighted by molar-refractivity contribution is 7.89. The summed E-state index contributed by atoms with van der Waals surface area (Å²) in [6.07, 6.45) is 0.570. The van der Waals surface area contributed by atoms with E-state index in [0.29, 0.717) is 18.5 Å². The van der Waals surface area contributed by atoms with Gasteiger partial charge in [-0.2, -0.15) is 13.1 Å². The minimum absolute atomic E-state index is 0.0228. The quantitative estimate of drug-likeness (QED) is 0.843. The topological polar surface area (TPSA) is 46.6 Å². The molecular formula is C11H13F2NO3S. The summed E-state index contributed by atoms with van der Waals surface area (Å²) in [5.41, 5.74) is 0.447. The van der Waals surface area contributed by atoms with Crippen molar-refractivity contribution >= 4 is 10.0 Å². The first-order chi connectivity index (χ1) is 8.49. The molecule has 1 aliphatic heterocycles. The molecule has 0 aromatic heterocycles. The van der Waals surface area contributed by atoms with Crippen LogP contribution >= 0.6 is 0 Å². The number of benzene rings is 1. The molecule has 0 aliphatic carbocycles. The lowest BCUT2D eigenvalue weighted by atomic mass is 10.2. The maximum absolute atomic E-state index is 12.2. The van der Waals surface area contributed by atoms with E-state index in [1.54, 1.807) is 18.2 Å². The van der Waals surface area contributed by atoms with Gasteiger partial charge in [0.2, 0.25) is 10.0 Å². The Balaban J connectivity index is 2.19. The molecule has 0 bridgehead atoms. The molecule has 0 unspecified atom stereocenters. The van der Waals surface area contributed by atoms with Gasteiger partial charge in [-0.25, -0.2) is 8.42 Å². The summed E-state index contributed by atoms with van der Waals surface area (Å²) in [6.45, 7) is -2.42. The summed E-state index contributed by atoms with van der Waals surface area (Å²) in [7, 11) is -3.24. The number of para-hydroxylation sites is 1. The Bertz CT molecular complexity index is 519. The SMILES string of the molecule is O=S1(=O)CCCN1Cc1ccccc1OC(F)F. The van der Waals surface area contributed by atoms with Crippen LogP contribution in [-0.4, -0.2) is 31.6 Å². The molecule has 100 valence electrons. The van der Waals surface area contributed by atoms with E-state index in [9.17, 15) is 17.2 Å². The van der Waals surface area contributed by atoms with E-state index in [4.69, 9.17) is 0 Å². The number of ether oxygens (including phenoxy) is 1. The number of hydrogen-bond donors (Lipinski definition) is 0. The molecule has 0 spiro atoms. The molecule has 1 aromatic rings. The number of halogens is 2. The summed E-state index contributed by atoms with van der Waals surface area (Å²) >= 11 is 0. The standard InChI is InChI=1S/C11H13F2NO3S/c12-11(13)17-10-5-2-1-4-9(10)8-14-6-3-7-18(14,15)16/h1-2,4-5,11H,3,6-8H2. The Morgan fingerprint density at radius 3 is 2.67 bits per heavy atom. The number of sulfonamides is 1. The minimum atomic E-state index is -3.24. The van der Waals surface area contributed by atoms with Gasteiger partial charge in [0.25, 0.3) is 0 Å². The van der Waals surface area contributed by atoms with Crippen LogP contribution in [0.2, 0.25) is 0 Å².